The van der Waals surface area contributed by atoms with Crippen LogP contribution >= 0.6 is 0 Å². The van der Waals surface area contributed by atoms with Crippen molar-refractivity contribution in [3.8, 4) is 5.75 Å². The third kappa shape index (κ3) is 4.81. The third-order valence-corrected chi connectivity index (χ3v) is 3.73. The summed E-state index contributed by atoms with van der Waals surface area (Å²) in [5, 5.41) is 2.99. The van der Waals surface area contributed by atoms with Crippen molar-refractivity contribution in [3.63, 3.8) is 0 Å². The molecule has 3 nitrogen and oxygen atoms in total. The quantitative estimate of drug-likeness (QED) is 0.872. The molecule has 122 valence electrons. The van der Waals surface area contributed by atoms with Gasteiger partial charge in [-0.3, -0.25) is 4.79 Å². The van der Waals surface area contributed by atoms with Crippen molar-refractivity contribution in [1.29, 1.82) is 0 Å². The fraction of sp³-hybridized carbons (Fsp3) is 0.316. The van der Waals surface area contributed by atoms with Crippen LogP contribution in [0.5, 0.6) is 5.75 Å². The van der Waals surface area contributed by atoms with Crippen molar-refractivity contribution < 1.29 is 13.9 Å². The van der Waals surface area contributed by atoms with E-state index in [0.717, 1.165) is 17.5 Å². The molecule has 2 aromatic carbocycles. The van der Waals surface area contributed by atoms with E-state index in [1.165, 1.54) is 29.8 Å². The Morgan fingerprint density at radius 2 is 1.87 bits per heavy atom. The molecular formula is C19H22FNO2. The lowest BCUT2D eigenvalue weighted by Crippen LogP contribution is -2.32. The minimum absolute atomic E-state index is 0.0417. The number of benzene rings is 2. The molecule has 0 radical (unpaired) electrons. The average molecular weight is 315 g/mol. The zero-order valence-corrected chi connectivity index (χ0v) is 13.7. The number of rotatable bonds is 6. The molecule has 4 heteroatoms. The maximum atomic E-state index is 12.8. The van der Waals surface area contributed by atoms with E-state index >= 15 is 0 Å². The Kier molecular flexibility index (Phi) is 5.74. The van der Waals surface area contributed by atoms with Crippen LogP contribution in [0, 0.1) is 19.7 Å². The SMILES string of the molecule is CCC(NC(=O)COc1ccc(F)cc1)c1ccc(C)cc1C. The average Bonchev–Trinajstić information content (AvgIpc) is 2.52. The van der Waals surface area contributed by atoms with Crippen LogP contribution in [0.2, 0.25) is 0 Å². The standard InChI is InChI=1S/C19H22FNO2/c1-4-18(17-10-5-13(2)11-14(17)3)21-19(22)12-23-16-8-6-15(20)7-9-16/h5-11,18H,4,12H2,1-3H3,(H,21,22). The molecule has 1 N–H and O–H groups in total. The van der Waals surface area contributed by atoms with Gasteiger partial charge in [-0.2, -0.15) is 0 Å². The number of hydrogen-bond donors (Lipinski definition) is 1. The number of hydrogen-bond acceptors (Lipinski definition) is 2. The molecule has 0 saturated heterocycles. The summed E-state index contributed by atoms with van der Waals surface area (Å²) < 4.78 is 18.2. The lowest BCUT2D eigenvalue weighted by Gasteiger charge is -2.20. The first-order chi connectivity index (χ1) is 11.0. The van der Waals surface area contributed by atoms with Crippen molar-refractivity contribution in [3.05, 3.63) is 65.0 Å². The van der Waals surface area contributed by atoms with Gasteiger partial charge in [0.15, 0.2) is 6.61 Å². The number of aryl methyl sites for hydroxylation is 2. The monoisotopic (exact) mass is 315 g/mol. The molecular weight excluding hydrogens is 293 g/mol. The predicted octanol–water partition coefficient (Wildman–Crippen LogP) is 4.09. The Morgan fingerprint density at radius 3 is 2.48 bits per heavy atom. The molecule has 0 fully saturated rings. The second kappa shape index (κ2) is 7.77. The van der Waals surface area contributed by atoms with Gasteiger partial charge in [0.2, 0.25) is 0 Å². The summed E-state index contributed by atoms with van der Waals surface area (Å²) in [7, 11) is 0. The zero-order valence-electron chi connectivity index (χ0n) is 13.7. The molecule has 0 bridgehead atoms. The highest BCUT2D eigenvalue weighted by molar-refractivity contribution is 5.78. The number of carbonyl (C=O) groups excluding carboxylic acids is 1. The van der Waals surface area contributed by atoms with Gasteiger partial charge < -0.3 is 10.1 Å². The Bertz CT molecular complexity index is 668. The highest BCUT2D eigenvalue weighted by Crippen LogP contribution is 2.21. The van der Waals surface area contributed by atoms with Gasteiger partial charge in [-0.15, -0.1) is 0 Å². The highest BCUT2D eigenvalue weighted by atomic mass is 19.1. The molecule has 0 aliphatic heterocycles. The van der Waals surface area contributed by atoms with E-state index < -0.39 is 0 Å². The van der Waals surface area contributed by atoms with Gasteiger partial charge in [-0.1, -0.05) is 30.7 Å². The summed E-state index contributed by atoms with van der Waals surface area (Å²) in [4.78, 5) is 12.1. The number of nitrogens with one attached hydrogen (secondary N) is 1. The fourth-order valence-electron chi connectivity index (χ4n) is 2.53. The van der Waals surface area contributed by atoms with Gasteiger partial charge in [0.1, 0.15) is 11.6 Å². The van der Waals surface area contributed by atoms with Gasteiger partial charge in [-0.05, 0) is 55.7 Å². The Labute approximate surface area is 136 Å². The van der Waals surface area contributed by atoms with Crippen molar-refractivity contribution in [2.24, 2.45) is 0 Å². The molecule has 1 amide bonds. The van der Waals surface area contributed by atoms with E-state index in [0.29, 0.717) is 5.75 Å². The minimum Gasteiger partial charge on any atom is -0.484 e. The van der Waals surface area contributed by atoms with Crippen LogP contribution < -0.4 is 10.1 Å². The number of amides is 1. The molecule has 2 rings (SSSR count). The van der Waals surface area contributed by atoms with Gasteiger partial charge in [0.05, 0.1) is 6.04 Å². The fourth-order valence-corrected chi connectivity index (χ4v) is 2.53. The van der Waals surface area contributed by atoms with Crippen molar-refractivity contribution in [1.82, 2.24) is 5.32 Å². The summed E-state index contributed by atoms with van der Waals surface area (Å²) in [5.41, 5.74) is 3.48. The van der Waals surface area contributed by atoms with Gasteiger partial charge in [0.25, 0.3) is 5.91 Å². The summed E-state index contributed by atoms with van der Waals surface area (Å²) >= 11 is 0. The first kappa shape index (κ1) is 17.0. The smallest absolute Gasteiger partial charge is 0.258 e. The van der Waals surface area contributed by atoms with E-state index in [2.05, 4.69) is 17.4 Å². The second-order valence-electron chi connectivity index (χ2n) is 5.63. The molecule has 0 aliphatic rings. The molecule has 0 heterocycles. The highest BCUT2D eigenvalue weighted by Gasteiger charge is 2.15. The summed E-state index contributed by atoms with van der Waals surface area (Å²) in [6, 6.07) is 11.8. The molecule has 0 saturated carbocycles. The lowest BCUT2D eigenvalue weighted by atomic mass is 9.97. The predicted molar refractivity (Wildman–Crippen MR) is 89.0 cm³/mol. The first-order valence-electron chi connectivity index (χ1n) is 7.74. The van der Waals surface area contributed by atoms with E-state index in [1.54, 1.807) is 0 Å². The largest absolute Gasteiger partial charge is 0.484 e. The van der Waals surface area contributed by atoms with Gasteiger partial charge in [0, 0.05) is 0 Å². The van der Waals surface area contributed by atoms with Crippen molar-refractivity contribution in [2.45, 2.75) is 33.2 Å². The second-order valence-corrected chi connectivity index (χ2v) is 5.63. The molecule has 2 aromatic rings. The van der Waals surface area contributed by atoms with Crippen molar-refractivity contribution >= 4 is 5.91 Å². The normalized spacial score (nSPS) is 11.8. The van der Waals surface area contributed by atoms with Crippen LogP contribution in [-0.4, -0.2) is 12.5 Å². The molecule has 1 atom stereocenters. The van der Waals surface area contributed by atoms with Crippen LogP contribution in [0.15, 0.2) is 42.5 Å². The Morgan fingerprint density at radius 1 is 1.17 bits per heavy atom. The Hall–Kier alpha value is -2.36. The number of carbonyl (C=O) groups is 1. The molecule has 0 spiro atoms. The maximum Gasteiger partial charge on any atom is 0.258 e. The molecule has 1 unspecified atom stereocenters. The van der Waals surface area contributed by atoms with Crippen LogP contribution in [0.3, 0.4) is 0 Å². The number of ether oxygens (including phenoxy) is 1. The molecule has 0 aliphatic carbocycles. The van der Waals surface area contributed by atoms with Crippen LogP contribution in [0.4, 0.5) is 4.39 Å². The van der Waals surface area contributed by atoms with Crippen LogP contribution in [0.1, 0.15) is 36.1 Å². The van der Waals surface area contributed by atoms with Crippen LogP contribution in [0.25, 0.3) is 0 Å². The molecule has 0 aromatic heterocycles. The summed E-state index contributed by atoms with van der Waals surface area (Å²) in [5.74, 6) is -0.0510. The Balaban J connectivity index is 1.95. The first-order valence-corrected chi connectivity index (χ1v) is 7.74. The van der Waals surface area contributed by atoms with Crippen molar-refractivity contribution in [2.75, 3.05) is 6.61 Å². The van der Waals surface area contributed by atoms with Crippen LogP contribution in [-0.2, 0) is 4.79 Å². The van der Waals surface area contributed by atoms with Gasteiger partial charge in [-0.25, -0.2) is 4.39 Å². The van der Waals surface area contributed by atoms with E-state index in [9.17, 15) is 9.18 Å². The summed E-state index contributed by atoms with van der Waals surface area (Å²) in [6.45, 7) is 6.04. The zero-order chi connectivity index (χ0) is 16.8. The number of halogens is 1. The molecule has 23 heavy (non-hydrogen) atoms. The minimum atomic E-state index is -0.331. The van der Waals surface area contributed by atoms with E-state index in [4.69, 9.17) is 4.74 Å². The lowest BCUT2D eigenvalue weighted by molar-refractivity contribution is -0.123. The summed E-state index contributed by atoms with van der Waals surface area (Å²) in [6.07, 6.45) is 0.798. The van der Waals surface area contributed by atoms with E-state index in [1.807, 2.05) is 26.8 Å². The van der Waals surface area contributed by atoms with E-state index in [-0.39, 0.29) is 24.4 Å². The van der Waals surface area contributed by atoms with Gasteiger partial charge >= 0.3 is 0 Å². The third-order valence-electron chi connectivity index (χ3n) is 3.73. The maximum absolute atomic E-state index is 12.8. The topological polar surface area (TPSA) is 38.3 Å².